The van der Waals surface area contributed by atoms with Crippen molar-refractivity contribution < 1.29 is 19.1 Å². The van der Waals surface area contributed by atoms with E-state index in [1.54, 1.807) is 24.3 Å². The molecule has 29 heavy (non-hydrogen) atoms. The quantitative estimate of drug-likeness (QED) is 0.629. The summed E-state index contributed by atoms with van der Waals surface area (Å²) in [7, 11) is 0. The van der Waals surface area contributed by atoms with Gasteiger partial charge in [-0.15, -0.1) is 0 Å². The van der Waals surface area contributed by atoms with Crippen LogP contribution in [0.5, 0.6) is 0 Å². The standard InChI is InChI=1S/C22H27N3O4/c1-4-15(2)20(25-22(28)29-14-17-8-6-5-7-9-17)21(27)24-19-12-10-18(11-13-19)23-16(3)26/h5-13,15,20H,4,14H2,1-3H3,(H,23,26)(H,24,27)(H,25,28)/t15-,20-/m1/s1. The number of hydrogen-bond acceptors (Lipinski definition) is 4. The Morgan fingerprint density at radius 3 is 2.07 bits per heavy atom. The fourth-order valence-corrected chi connectivity index (χ4v) is 2.65. The van der Waals surface area contributed by atoms with Crippen molar-refractivity contribution >= 4 is 29.3 Å². The molecule has 0 radical (unpaired) electrons. The number of anilines is 2. The second kappa shape index (κ2) is 10.8. The lowest BCUT2D eigenvalue weighted by Gasteiger charge is -2.23. The highest BCUT2D eigenvalue weighted by atomic mass is 16.5. The molecular weight excluding hydrogens is 370 g/mol. The highest BCUT2D eigenvalue weighted by Gasteiger charge is 2.26. The van der Waals surface area contributed by atoms with E-state index in [1.807, 2.05) is 44.2 Å². The fourth-order valence-electron chi connectivity index (χ4n) is 2.65. The highest BCUT2D eigenvalue weighted by Crippen LogP contribution is 2.16. The van der Waals surface area contributed by atoms with E-state index < -0.39 is 12.1 Å². The summed E-state index contributed by atoms with van der Waals surface area (Å²) in [4.78, 5) is 36.0. The van der Waals surface area contributed by atoms with E-state index in [1.165, 1.54) is 6.92 Å². The zero-order chi connectivity index (χ0) is 21.2. The number of benzene rings is 2. The van der Waals surface area contributed by atoms with Crippen molar-refractivity contribution in [2.24, 2.45) is 5.92 Å². The van der Waals surface area contributed by atoms with Crippen LogP contribution in [0, 0.1) is 5.92 Å². The van der Waals surface area contributed by atoms with Gasteiger partial charge in [0.2, 0.25) is 11.8 Å². The minimum Gasteiger partial charge on any atom is -0.445 e. The number of alkyl carbamates (subject to hydrolysis) is 1. The Kier molecular flexibility index (Phi) is 8.21. The molecule has 0 fully saturated rings. The molecule has 2 atom stereocenters. The molecule has 3 amide bonds. The molecule has 0 saturated heterocycles. The van der Waals surface area contributed by atoms with Gasteiger partial charge in [-0.2, -0.15) is 0 Å². The number of nitrogens with one attached hydrogen (secondary N) is 3. The third-order valence-electron chi connectivity index (χ3n) is 4.45. The van der Waals surface area contributed by atoms with Gasteiger partial charge in [0.25, 0.3) is 0 Å². The number of amides is 3. The Morgan fingerprint density at radius 1 is 0.931 bits per heavy atom. The Labute approximate surface area is 170 Å². The second-order valence-corrected chi connectivity index (χ2v) is 6.82. The topological polar surface area (TPSA) is 96.5 Å². The number of rotatable bonds is 8. The van der Waals surface area contributed by atoms with Gasteiger partial charge in [0.05, 0.1) is 0 Å². The first-order valence-electron chi connectivity index (χ1n) is 9.54. The lowest BCUT2D eigenvalue weighted by Crippen LogP contribution is -2.47. The molecule has 154 valence electrons. The van der Waals surface area contributed by atoms with Gasteiger partial charge < -0.3 is 20.7 Å². The average molecular weight is 397 g/mol. The van der Waals surface area contributed by atoms with Gasteiger partial charge in [0, 0.05) is 18.3 Å². The van der Waals surface area contributed by atoms with Crippen molar-refractivity contribution in [1.82, 2.24) is 5.32 Å². The van der Waals surface area contributed by atoms with E-state index in [9.17, 15) is 14.4 Å². The summed E-state index contributed by atoms with van der Waals surface area (Å²) in [6.45, 7) is 5.40. The molecule has 0 heterocycles. The van der Waals surface area contributed by atoms with Crippen LogP contribution in [-0.4, -0.2) is 23.9 Å². The maximum Gasteiger partial charge on any atom is 0.408 e. The summed E-state index contributed by atoms with van der Waals surface area (Å²) in [6, 6.07) is 15.3. The maximum atomic E-state index is 12.7. The predicted octanol–water partition coefficient (Wildman–Crippen LogP) is 3.92. The molecule has 0 bridgehead atoms. The van der Waals surface area contributed by atoms with Gasteiger partial charge in [0.1, 0.15) is 12.6 Å². The van der Waals surface area contributed by atoms with Crippen molar-refractivity contribution in [1.29, 1.82) is 0 Å². The third kappa shape index (κ3) is 7.29. The third-order valence-corrected chi connectivity index (χ3v) is 4.45. The van der Waals surface area contributed by atoms with Crippen molar-refractivity contribution in [3.63, 3.8) is 0 Å². The van der Waals surface area contributed by atoms with E-state index >= 15 is 0 Å². The number of carbonyl (C=O) groups excluding carboxylic acids is 3. The Bertz CT molecular complexity index is 822. The molecule has 2 aromatic carbocycles. The first kappa shape index (κ1) is 21.9. The lowest BCUT2D eigenvalue weighted by molar-refractivity contribution is -0.119. The predicted molar refractivity (Wildman–Crippen MR) is 112 cm³/mol. The molecule has 2 rings (SSSR count). The molecule has 0 aliphatic carbocycles. The Morgan fingerprint density at radius 2 is 1.52 bits per heavy atom. The largest absolute Gasteiger partial charge is 0.445 e. The van der Waals surface area contributed by atoms with Crippen LogP contribution in [0.25, 0.3) is 0 Å². The summed E-state index contributed by atoms with van der Waals surface area (Å²) >= 11 is 0. The second-order valence-electron chi connectivity index (χ2n) is 6.82. The minimum atomic E-state index is -0.738. The van der Waals surface area contributed by atoms with Crippen LogP contribution in [-0.2, 0) is 20.9 Å². The lowest BCUT2D eigenvalue weighted by atomic mass is 9.98. The van der Waals surface area contributed by atoms with Crippen LogP contribution in [0.2, 0.25) is 0 Å². The molecule has 3 N–H and O–H groups in total. The van der Waals surface area contributed by atoms with Crippen LogP contribution in [0.4, 0.5) is 16.2 Å². The first-order chi connectivity index (χ1) is 13.9. The van der Waals surface area contributed by atoms with E-state index in [0.717, 1.165) is 5.56 Å². The summed E-state index contributed by atoms with van der Waals surface area (Å²) in [5.41, 5.74) is 2.07. The summed E-state index contributed by atoms with van der Waals surface area (Å²) in [5, 5.41) is 8.12. The van der Waals surface area contributed by atoms with E-state index in [0.29, 0.717) is 17.8 Å². The summed E-state index contributed by atoms with van der Waals surface area (Å²) in [5.74, 6) is -0.585. The van der Waals surface area contributed by atoms with Crippen molar-refractivity contribution in [2.75, 3.05) is 10.6 Å². The Balaban J connectivity index is 1.96. The smallest absolute Gasteiger partial charge is 0.408 e. The zero-order valence-corrected chi connectivity index (χ0v) is 16.9. The average Bonchev–Trinajstić information content (AvgIpc) is 2.71. The molecule has 7 heteroatoms. The molecule has 0 aliphatic heterocycles. The summed E-state index contributed by atoms with van der Waals surface area (Å²) < 4.78 is 5.24. The highest BCUT2D eigenvalue weighted by molar-refractivity contribution is 5.97. The molecule has 0 spiro atoms. The van der Waals surface area contributed by atoms with Gasteiger partial charge in [0.15, 0.2) is 0 Å². The van der Waals surface area contributed by atoms with E-state index in [2.05, 4.69) is 16.0 Å². The van der Waals surface area contributed by atoms with Crippen LogP contribution in [0.15, 0.2) is 54.6 Å². The molecule has 0 saturated carbocycles. The van der Waals surface area contributed by atoms with Crippen LogP contribution in [0.3, 0.4) is 0 Å². The van der Waals surface area contributed by atoms with Gasteiger partial charge in [-0.3, -0.25) is 9.59 Å². The molecule has 0 unspecified atom stereocenters. The van der Waals surface area contributed by atoms with Crippen LogP contribution in [0.1, 0.15) is 32.8 Å². The van der Waals surface area contributed by atoms with Crippen molar-refractivity contribution in [3.8, 4) is 0 Å². The molecule has 7 nitrogen and oxygen atoms in total. The fraction of sp³-hybridized carbons (Fsp3) is 0.318. The van der Waals surface area contributed by atoms with Gasteiger partial charge in [-0.05, 0) is 35.7 Å². The summed E-state index contributed by atoms with van der Waals surface area (Å²) in [6.07, 6.45) is 0.0636. The molecule has 0 aliphatic rings. The zero-order valence-electron chi connectivity index (χ0n) is 16.9. The van der Waals surface area contributed by atoms with Crippen molar-refractivity contribution in [3.05, 3.63) is 60.2 Å². The first-order valence-corrected chi connectivity index (χ1v) is 9.54. The maximum absolute atomic E-state index is 12.7. The monoisotopic (exact) mass is 397 g/mol. The number of ether oxygens (including phenoxy) is 1. The molecule has 0 aromatic heterocycles. The van der Waals surface area contributed by atoms with Gasteiger partial charge >= 0.3 is 6.09 Å². The normalized spacial score (nSPS) is 12.4. The number of carbonyl (C=O) groups is 3. The van der Waals surface area contributed by atoms with Gasteiger partial charge in [-0.1, -0.05) is 50.6 Å². The number of hydrogen-bond donors (Lipinski definition) is 3. The molecular formula is C22H27N3O4. The molecule has 2 aromatic rings. The SMILES string of the molecule is CC[C@@H](C)[C@@H](NC(=O)OCc1ccccc1)C(=O)Nc1ccc(NC(C)=O)cc1. The minimum absolute atomic E-state index is 0.0853. The van der Waals surface area contributed by atoms with Gasteiger partial charge in [-0.25, -0.2) is 4.79 Å². The van der Waals surface area contributed by atoms with Crippen LogP contribution < -0.4 is 16.0 Å². The van der Waals surface area contributed by atoms with E-state index in [4.69, 9.17) is 4.74 Å². The van der Waals surface area contributed by atoms with E-state index in [-0.39, 0.29) is 24.3 Å². The van der Waals surface area contributed by atoms with Crippen LogP contribution >= 0.6 is 0 Å². The Hall–Kier alpha value is -3.35. The van der Waals surface area contributed by atoms with Crippen molar-refractivity contribution in [2.45, 2.75) is 39.8 Å².